The van der Waals surface area contributed by atoms with Gasteiger partial charge in [-0.15, -0.1) is 0 Å². The molecule has 0 aliphatic carbocycles. The molecule has 3 aromatic rings. The number of carbonyl (C=O) groups is 2. The minimum Gasteiger partial charge on any atom is -0.359 e. The third kappa shape index (κ3) is 6.95. The molecule has 1 aliphatic rings. The zero-order chi connectivity index (χ0) is 25.2. The van der Waals surface area contributed by atoms with Crippen LogP contribution in [0.15, 0.2) is 79.0 Å². The zero-order valence-electron chi connectivity index (χ0n) is 20.6. The van der Waals surface area contributed by atoms with Gasteiger partial charge in [-0.05, 0) is 46.3 Å². The highest BCUT2D eigenvalue weighted by molar-refractivity contribution is 6.00. The molecule has 0 fully saturated rings. The monoisotopic (exact) mass is 483 g/mol. The maximum Gasteiger partial charge on any atom is 0.319 e. The number of aliphatic imine (C=N–C) groups is 1. The number of benzene rings is 3. The molecule has 7 nitrogen and oxygen atoms in total. The van der Waals surface area contributed by atoms with Gasteiger partial charge >= 0.3 is 11.9 Å². The average Bonchev–Trinajstić information content (AvgIpc) is 3.41. The SMILES string of the molecule is CNC(=O)CCCCCC(NC(=O)NCc1ccccc1)C1=[N+]C=C(c2ccc3ccccc3c2)N1. The summed E-state index contributed by atoms with van der Waals surface area (Å²) in [7, 11) is 1.65. The molecule has 1 radical (unpaired) electrons. The number of rotatable bonds is 11. The predicted octanol–water partition coefficient (Wildman–Crippen LogP) is 4.04. The van der Waals surface area contributed by atoms with Crippen LogP contribution >= 0.6 is 0 Å². The summed E-state index contributed by atoms with van der Waals surface area (Å²) in [4.78, 5) is 28.8. The van der Waals surface area contributed by atoms with Crippen molar-refractivity contribution >= 4 is 34.2 Å². The van der Waals surface area contributed by atoms with E-state index < -0.39 is 0 Å². The number of nitrogens with zero attached hydrogens (tertiary/aromatic N) is 1. The van der Waals surface area contributed by atoms with Crippen LogP contribution in [0.1, 0.15) is 43.2 Å². The lowest BCUT2D eigenvalue weighted by molar-refractivity contribution is -0.120. The second kappa shape index (κ2) is 12.5. The van der Waals surface area contributed by atoms with Crippen molar-refractivity contribution in [2.75, 3.05) is 7.05 Å². The fourth-order valence-corrected chi connectivity index (χ4v) is 4.22. The van der Waals surface area contributed by atoms with E-state index in [1.807, 2.05) is 48.7 Å². The van der Waals surface area contributed by atoms with Gasteiger partial charge in [0, 0.05) is 25.6 Å². The molecule has 0 bridgehead atoms. The van der Waals surface area contributed by atoms with E-state index in [4.69, 9.17) is 0 Å². The molecule has 0 saturated carbocycles. The summed E-state index contributed by atoms with van der Waals surface area (Å²) in [5, 5.41) is 14.5. The Morgan fingerprint density at radius 3 is 2.50 bits per heavy atom. The Bertz CT molecular complexity index is 1250. The number of urea groups is 1. The van der Waals surface area contributed by atoms with Gasteiger partial charge in [0.25, 0.3) is 0 Å². The second-order valence-corrected chi connectivity index (χ2v) is 8.88. The van der Waals surface area contributed by atoms with Crippen LogP contribution in [-0.2, 0) is 11.3 Å². The number of unbranched alkanes of at least 4 members (excludes halogenated alkanes) is 2. The summed E-state index contributed by atoms with van der Waals surface area (Å²) in [6, 6.07) is 23.9. The lowest BCUT2D eigenvalue weighted by atomic mass is 10.0. The highest BCUT2D eigenvalue weighted by Crippen LogP contribution is 2.21. The topological polar surface area (TPSA) is 96.4 Å². The van der Waals surface area contributed by atoms with Gasteiger partial charge in [-0.3, -0.25) is 4.79 Å². The van der Waals surface area contributed by atoms with E-state index >= 15 is 0 Å². The van der Waals surface area contributed by atoms with Gasteiger partial charge in [0.1, 0.15) is 6.04 Å². The fraction of sp³-hybridized carbons (Fsp3) is 0.276. The molecule has 0 aromatic heterocycles. The summed E-state index contributed by atoms with van der Waals surface area (Å²) < 4.78 is 0. The van der Waals surface area contributed by atoms with Gasteiger partial charge in [0.05, 0.1) is 0 Å². The lowest BCUT2D eigenvalue weighted by Crippen LogP contribution is -2.49. The van der Waals surface area contributed by atoms with Crippen molar-refractivity contribution in [3.63, 3.8) is 0 Å². The maximum atomic E-state index is 12.7. The third-order valence-electron chi connectivity index (χ3n) is 6.26. The molecule has 3 amide bonds. The first kappa shape index (κ1) is 25.0. The zero-order valence-corrected chi connectivity index (χ0v) is 20.6. The van der Waals surface area contributed by atoms with Gasteiger partial charge < -0.3 is 16.0 Å². The Labute approximate surface area is 212 Å². The number of hydrogen-bond acceptors (Lipinski definition) is 4. The first-order chi connectivity index (χ1) is 17.6. The van der Waals surface area contributed by atoms with E-state index in [1.165, 1.54) is 5.39 Å². The van der Waals surface area contributed by atoms with Crippen LogP contribution in [-0.4, -0.2) is 30.9 Å². The Balaban J connectivity index is 1.37. The number of fused-ring (bicyclic) bond motifs is 1. The summed E-state index contributed by atoms with van der Waals surface area (Å²) in [5.74, 6) is 0.773. The number of carbonyl (C=O) groups excluding carboxylic acids is 2. The van der Waals surface area contributed by atoms with Crippen LogP contribution in [0.2, 0.25) is 0 Å². The standard InChI is InChI=1S/C29H33N5O2/c1-30-27(35)15-7-3-6-14-25(34-29(36)32-19-21-10-4-2-5-11-21)28-31-20-26(33-28)24-17-16-22-12-8-9-13-23(22)18-24/h2,4-5,8-13,16-18,20,25,33H,3,6-7,14-15,19H2,1H3,(H,30,35)(H2,32,34,36)/q+1. The molecule has 185 valence electrons. The molecule has 36 heavy (non-hydrogen) atoms. The smallest absolute Gasteiger partial charge is 0.319 e. The fourth-order valence-electron chi connectivity index (χ4n) is 4.22. The molecule has 1 unspecified atom stereocenters. The molecule has 0 saturated heterocycles. The van der Waals surface area contributed by atoms with E-state index in [0.29, 0.717) is 13.0 Å². The Morgan fingerprint density at radius 1 is 0.917 bits per heavy atom. The molecular formula is C29H33N5O2+. The highest BCUT2D eigenvalue weighted by atomic mass is 16.2. The summed E-state index contributed by atoms with van der Waals surface area (Å²) in [5.41, 5.74) is 2.99. The highest BCUT2D eigenvalue weighted by Gasteiger charge is 2.31. The largest absolute Gasteiger partial charge is 0.359 e. The normalized spacial score (nSPS) is 13.4. The number of nitrogens with one attached hydrogen (secondary N) is 4. The second-order valence-electron chi connectivity index (χ2n) is 8.88. The molecule has 7 heteroatoms. The lowest BCUT2D eigenvalue weighted by Gasteiger charge is -2.16. The summed E-state index contributed by atoms with van der Waals surface area (Å²) in [6.07, 6.45) is 5.63. The first-order valence-corrected chi connectivity index (χ1v) is 12.5. The van der Waals surface area contributed by atoms with Gasteiger partial charge in [0.2, 0.25) is 5.91 Å². The van der Waals surface area contributed by atoms with Crippen molar-refractivity contribution in [3.05, 3.63) is 90.1 Å². The van der Waals surface area contributed by atoms with Gasteiger partial charge in [-0.2, -0.15) is 0 Å². The third-order valence-corrected chi connectivity index (χ3v) is 6.26. The van der Waals surface area contributed by atoms with E-state index in [0.717, 1.165) is 53.7 Å². The number of hydrogen-bond donors (Lipinski definition) is 4. The minimum absolute atomic E-state index is 0.0519. The van der Waals surface area contributed by atoms with Crippen molar-refractivity contribution < 1.29 is 9.59 Å². The minimum atomic E-state index is -0.269. The Morgan fingerprint density at radius 2 is 1.69 bits per heavy atom. The van der Waals surface area contributed by atoms with Crippen LogP contribution in [0, 0.1) is 0 Å². The van der Waals surface area contributed by atoms with Crippen LogP contribution in [0.25, 0.3) is 16.5 Å². The van der Waals surface area contributed by atoms with Gasteiger partial charge in [0.15, 0.2) is 11.9 Å². The van der Waals surface area contributed by atoms with E-state index in [-0.39, 0.29) is 18.0 Å². The quantitative estimate of drug-likeness (QED) is 0.310. The molecule has 4 N–H and O–H groups in total. The van der Waals surface area contributed by atoms with Crippen molar-refractivity contribution in [2.45, 2.75) is 44.7 Å². The maximum absolute atomic E-state index is 12.7. The van der Waals surface area contributed by atoms with Crippen molar-refractivity contribution in [3.8, 4) is 0 Å². The molecular weight excluding hydrogens is 450 g/mol. The molecule has 4 rings (SSSR count). The van der Waals surface area contributed by atoms with Crippen LogP contribution in [0.4, 0.5) is 4.79 Å². The van der Waals surface area contributed by atoms with Gasteiger partial charge in [-0.25, -0.2) is 10.1 Å². The molecule has 0 spiro atoms. The van der Waals surface area contributed by atoms with E-state index in [9.17, 15) is 9.59 Å². The number of amidine groups is 1. The van der Waals surface area contributed by atoms with Crippen LogP contribution in [0.3, 0.4) is 0 Å². The predicted molar refractivity (Wildman–Crippen MR) is 145 cm³/mol. The average molecular weight is 484 g/mol. The van der Waals surface area contributed by atoms with Crippen molar-refractivity contribution in [1.82, 2.24) is 26.3 Å². The van der Waals surface area contributed by atoms with Gasteiger partial charge in [-0.1, -0.05) is 73.5 Å². The summed E-state index contributed by atoms with van der Waals surface area (Å²) in [6.45, 7) is 0.450. The van der Waals surface area contributed by atoms with Crippen molar-refractivity contribution in [1.29, 1.82) is 0 Å². The van der Waals surface area contributed by atoms with Crippen molar-refractivity contribution in [2.24, 2.45) is 0 Å². The molecule has 1 aliphatic heterocycles. The van der Waals surface area contributed by atoms with E-state index in [2.05, 4.69) is 56.6 Å². The molecule has 1 atom stereocenters. The van der Waals surface area contributed by atoms with E-state index in [1.54, 1.807) is 7.05 Å². The van der Waals surface area contributed by atoms with Crippen LogP contribution < -0.4 is 26.3 Å². The Kier molecular flexibility index (Phi) is 8.70. The first-order valence-electron chi connectivity index (χ1n) is 12.5. The molecule has 3 aromatic carbocycles. The Hall–Kier alpha value is -4.13. The summed E-state index contributed by atoms with van der Waals surface area (Å²) >= 11 is 0. The number of amides is 3. The molecule has 1 heterocycles. The van der Waals surface area contributed by atoms with Crippen LogP contribution in [0.5, 0.6) is 0 Å².